The van der Waals surface area contributed by atoms with Gasteiger partial charge in [-0.15, -0.1) is 0 Å². The van der Waals surface area contributed by atoms with E-state index in [0.29, 0.717) is 5.75 Å². The third kappa shape index (κ3) is 4.66. The van der Waals surface area contributed by atoms with Crippen LogP contribution in [0.2, 0.25) is 0 Å². The number of ether oxygens (including phenoxy) is 1. The first-order valence-corrected chi connectivity index (χ1v) is 6.69. The number of anilines is 1. The molecule has 0 heterocycles. The van der Waals surface area contributed by atoms with Crippen LogP contribution in [0.5, 0.6) is 5.75 Å². The summed E-state index contributed by atoms with van der Waals surface area (Å²) in [6.07, 6.45) is 0. The summed E-state index contributed by atoms with van der Waals surface area (Å²) in [5.74, 6) is 0.774. The van der Waals surface area contributed by atoms with E-state index >= 15 is 0 Å². The molecule has 6 heteroatoms. The number of hydrogen-bond donors (Lipinski definition) is 2. The molecule has 0 saturated carbocycles. The fourth-order valence-electron chi connectivity index (χ4n) is 1.87. The lowest BCUT2D eigenvalue weighted by Gasteiger charge is -2.23. The normalized spacial score (nSPS) is 12.0. The monoisotopic (exact) mass is 292 g/mol. The molecule has 21 heavy (non-hydrogen) atoms. The maximum absolute atomic E-state index is 11.8. The van der Waals surface area contributed by atoms with Crippen LogP contribution in [0.25, 0.3) is 0 Å². The fraction of sp³-hybridized carbons (Fsp3) is 0.467. The minimum absolute atomic E-state index is 0.101. The Kier molecular flexibility index (Phi) is 5.18. The number of nitrogens with two attached hydrogens (primary N) is 1. The van der Waals surface area contributed by atoms with E-state index in [1.807, 2.05) is 45.9 Å². The van der Waals surface area contributed by atoms with Gasteiger partial charge in [0.15, 0.2) is 0 Å². The highest BCUT2D eigenvalue weighted by Crippen LogP contribution is 2.30. The Morgan fingerprint density at radius 2 is 2.00 bits per heavy atom. The van der Waals surface area contributed by atoms with E-state index in [2.05, 4.69) is 10.3 Å². The standard InChI is InChI=1S/C15H24N4O2/c1-10-8-7-9-11(21-6)12(10)19(5)13(16)17-14(20)18-15(2,3)4/h7-9H,1-6H3,(H3,16,17,18,20). The number of nitrogens with one attached hydrogen (secondary N) is 1. The van der Waals surface area contributed by atoms with Gasteiger partial charge < -0.3 is 20.7 Å². The summed E-state index contributed by atoms with van der Waals surface area (Å²) in [5.41, 5.74) is 7.32. The summed E-state index contributed by atoms with van der Waals surface area (Å²) in [7, 11) is 3.33. The average molecular weight is 292 g/mol. The number of nitrogens with zero attached hydrogens (tertiary/aromatic N) is 2. The first kappa shape index (κ1) is 16.8. The van der Waals surface area contributed by atoms with E-state index in [9.17, 15) is 4.79 Å². The average Bonchev–Trinajstić information content (AvgIpc) is 2.35. The number of para-hydroxylation sites is 1. The molecule has 0 bridgehead atoms. The van der Waals surface area contributed by atoms with E-state index < -0.39 is 6.03 Å². The zero-order valence-corrected chi connectivity index (χ0v) is 13.5. The van der Waals surface area contributed by atoms with Crippen LogP contribution < -0.4 is 20.7 Å². The van der Waals surface area contributed by atoms with Crippen molar-refractivity contribution >= 4 is 17.7 Å². The number of methoxy groups -OCH3 is 1. The van der Waals surface area contributed by atoms with Crippen molar-refractivity contribution in [1.82, 2.24) is 5.32 Å². The van der Waals surface area contributed by atoms with Crippen LogP contribution in [0.4, 0.5) is 10.5 Å². The fourth-order valence-corrected chi connectivity index (χ4v) is 1.87. The molecule has 0 radical (unpaired) electrons. The number of benzene rings is 1. The Bertz CT molecular complexity index is 547. The quantitative estimate of drug-likeness (QED) is 0.647. The predicted molar refractivity (Wildman–Crippen MR) is 86.0 cm³/mol. The molecule has 1 rings (SSSR count). The Balaban J connectivity index is 3.03. The van der Waals surface area contributed by atoms with E-state index in [1.54, 1.807) is 19.1 Å². The minimum atomic E-state index is -0.473. The number of hydrogen-bond acceptors (Lipinski definition) is 2. The number of carbonyl (C=O) groups is 1. The SMILES string of the molecule is COc1cccc(C)c1N(C)/C(N)=N\C(=O)NC(C)(C)C. The Morgan fingerprint density at radius 1 is 1.38 bits per heavy atom. The maximum atomic E-state index is 11.8. The lowest BCUT2D eigenvalue weighted by atomic mass is 10.1. The van der Waals surface area contributed by atoms with Gasteiger partial charge in [-0.1, -0.05) is 12.1 Å². The molecule has 0 aliphatic rings. The first-order valence-electron chi connectivity index (χ1n) is 6.69. The highest BCUT2D eigenvalue weighted by atomic mass is 16.5. The highest BCUT2D eigenvalue weighted by Gasteiger charge is 2.17. The number of amides is 2. The van der Waals surface area contributed by atoms with Crippen molar-refractivity contribution in [3.63, 3.8) is 0 Å². The number of guanidine groups is 1. The lowest BCUT2D eigenvalue weighted by molar-refractivity contribution is 0.241. The second kappa shape index (κ2) is 6.47. The van der Waals surface area contributed by atoms with Gasteiger partial charge in [0, 0.05) is 12.6 Å². The summed E-state index contributed by atoms with van der Waals surface area (Å²) in [5, 5.41) is 2.74. The number of rotatable bonds is 2. The number of carbonyl (C=O) groups excluding carboxylic acids is 1. The van der Waals surface area contributed by atoms with Crippen LogP contribution >= 0.6 is 0 Å². The molecular weight excluding hydrogens is 268 g/mol. The van der Waals surface area contributed by atoms with E-state index in [1.165, 1.54) is 0 Å². The summed E-state index contributed by atoms with van der Waals surface area (Å²) in [6, 6.07) is 5.20. The van der Waals surface area contributed by atoms with Crippen molar-refractivity contribution in [3.05, 3.63) is 23.8 Å². The number of aliphatic imine (C=N–C) groups is 1. The Morgan fingerprint density at radius 3 is 2.52 bits per heavy atom. The number of urea groups is 1. The van der Waals surface area contributed by atoms with E-state index in [-0.39, 0.29) is 11.5 Å². The van der Waals surface area contributed by atoms with Gasteiger partial charge in [0.25, 0.3) is 0 Å². The third-order valence-electron chi connectivity index (χ3n) is 2.80. The molecule has 0 aliphatic heterocycles. The predicted octanol–water partition coefficient (Wildman–Crippen LogP) is 2.26. The van der Waals surface area contributed by atoms with Gasteiger partial charge in [-0.05, 0) is 39.3 Å². The van der Waals surface area contributed by atoms with Crippen LogP contribution in [-0.2, 0) is 0 Å². The van der Waals surface area contributed by atoms with E-state index in [4.69, 9.17) is 10.5 Å². The molecule has 0 saturated heterocycles. The molecule has 0 atom stereocenters. The van der Waals surface area contributed by atoms with Crippen molar-refractivity contribution < 1.29 is 9.53 Å². The summed E-state index contributed by atoms with van der Waals surface area (Å²) in [6.45, 7) is 7.58. The summed E-state index contributed by atoms with van der Waals surface area (Å²) >= 11 is 0. The molecule has 1 aromatic rings. The van der Waals surface area contributed by atoms with Gasteiger partial charge in [0.2, 0.25) is 5.96 Å². The lowest BCUT2D eigenvalue weighted by Crippen LogP contribution is -2.42. The van der Waals surface area contributed by atoms with Crippen LogP contribution in [0.15, 0.2) is 23.2 Å². The maximum Gasteiger partial charge on any atom is 0.344 e. The first-order chi connectivity index (χ1) is 9.65. The van der Waals surface area contributed by atoms with Gasteiger partial charge in [-0.2, -0.15) is 4.99 Å². The molecule has 0 aliphatic carbocycles. The largest absolute Gasteiger partial charge is 0.495 e. The van der Waals surface area contributed by atoms with Crippen molar-refractivity contribution in [2.24, 2.45) is 10.7 Å². The molecule has 0 fully saturated rings. The molecule has 6 nitrogen and oxygen atoms in total. The van der Waals surface area contributed by atoms with Gasteiger partial charge in [0.1, 0.15) is 5.75 Å². The van der Waals surface area contributed by atoms with Gasteiger partial charge >= 0.3 is 6.03 Å². The van der Waals surface area contributed by atoms with Crippen LogP contribution in [-0.4, -0.2) is 31.7 Å². The van der Waals surface area contributed by atoms with Crippen molar-refractivity contribution in [1.29, 1.82) is 0 Å². The molecular formula is C15H24N4O2. The van der Waals surface area contributed by atoms with Crippen molar-refractivity contribution in [3.8, 4) is 5.75 Å². The third-order valence-corrected chi connectivity index (χ3v) is 2.80. The number of aryl methyl sites for hydroxylation is 1. The molecule has 116 valence electrons. The Labute approximate surface area is 126 Å². The minimum Gasteiger partial charge on any atom is -0.495 e. The van der Waals surface area contributed by atoms with E-state index in [0.717, 1.165) is 11.3 Å². The Hall–Kier alpha value is -2.24. The second-order valence-electron chi connectivity index (χ2n) is 5.83. The zero-order chi connectivity index (χ0) is 16.2. The zero-order valence-electron chi connectivity index (χ0n) is 13.5. The van der Waals surface area contributed by atoms with Crippen LogP contribution in [0.1, 0.15) is 26.3 Å². The second-order valence-corrected chi connectivity index (χ2v) is 5.83. The summed E-state index contributed by atoms with van der Waals surface area (Å²) in [4.78, 5) is 17.3. The topological polar surface area (TPSA) is 80.0 Å². The molecule has 1 aromatic carbocycles. The van der Waals surface area contributed by atoms with Crippen molar-refractivity contribution in [2.75, 3.05) is 19.1 Å². The molecule has 3 N–H and O–H groups in total. The highest BCUT2D eigenvalue weighted by molar-refractivity contribution is 6.02. The van der Waals surface area contributed by atoms with Gasteiger partial charge in [-0.25, -0.2) is 4.79 Å². The van der Waals surface area contributed by atoms with Gasteiger partial charge in [0.05, 0.1) is 12.8 Å². The smallest absolute Gasteiger partial charge is 0.344 e. The molecule has 0 unspecified atom stereocenters. The van der Waals surface area contributed by atoms with Gasteiger partial charge in [-0.3, -0.25) is 0 Å². The summed E-state index contributed by atoms with van der Waals surface area (Å²) < 4.78 is 5.33. The molecule has 0 spiro atoms. The van der Waals surface area contributed by atoms with Crippen molar-refractivity contribution in [2.45, 2.75) is 33.2 Å². The van der Waals surface area contributed by atoms with Crippen LogP contribution in [0.3, 0.4) is 0 Å². The van der Waals surface area contributed by atoms with Crippen LogP contribution in [0, 0.1) is 6.92 Å². The molecule has 2 amide bonds. The molecule has 0 aromatic heterocycles.